The summed E-state index contributed by atoms with van der Waals surface area (Å²) in [5, 5.41) is 26.0. The maximum Gasteiger partial charge on any atom is 0.434 e. The SMILES string of the molecule is CC(C)C1(O)CC(N2C(=O)C[C@@](C)(c3cccc(NC(=O)OCc4ccccc4)c3Cl)N/C2=N\C(=O)O)C1. The van der Waals surface area contributed by atoms with E-state index >= 15 is 0 Å². The molecule has 2 aliphatic rings. The molecule has 3 amide bonds. The van der Waals surface area contributed by atoms with Crippen LogP contribution in [0.5, 0.6) is 0 Å². The third-order valence-electron chi connectivity index (χ3n) is 7.25. The van der Waals surface area contributed by atoms with Gasteiger partial charge in [-0.05, 0) is 42.9 Å². The number of guanidine groups is 1. The van der Waals surface area contributed by atoms with E-state index < -0.39 is 23.3 Å². The summed E-state index contributed by atoms with van der Waals surface area (Å²) in [7, 11) is 0. The topological polar surface area (TPSA) is 141 Å². The van der Waals surface area contributed by atoms with E-state index in [4.69, 9.17) is 16.3 Å². The zero-order chi connectivity index (χ0) is 27.7. The maximum atomic E-state index is 13.4. The number of amides is 3. The third kappa shape index (κ3) is 5.61. The quantitative estimate of drug-likeness (QED) is 0.414. The number of hydrogen-bond acceptors (Lipinski definition) is 5. The van der Waals surface area contributed by atoms with Gasteiger partial charge in [-0.15, -0.1) is 4.99 Å². The minimum absolute atomic E-state index is 0.00911. The highest BCUT2D eigenvalue weighted by atomic mass is 35.5. The molecule has 0 aromatic heterocycles. The summed E-state index contributed by atoms with van der Waals surface area (Å²) < 4.78 is 5.28. The molecule has 1 heterocycles. The Kier molecular flexibility index (Phi) is 7.66. The van der Waals surface area contributed by atoms with Crippen LogP contribution in [0.25, 0.3) is 0 Å². The van der Waals surface area contributed by atoms with Gasteiger partial charge in [0.05, 0.1) is 28.3 Å². The van der Waals surface area contributed by atoms with Crippen molar-refractivity contribution in [1.29, 1.82) is 0 Å². The fraction of sp³-hybridized carbons (Fsp3) is 0.407. The zero-order valence-corrected chi connectivity index (χ0v) is 22.2. The molecule has 10 nitrogen and oxygen atoms in total. The first kappa shape index (κ1) is 27.4. The van der Waals surface area contributed by atoms with Gasteiger partial charge in [0.1, 0.15) is 6.61 Å². The molecular formula is C27H31ClN4O6. The summed E-state index contributed by atoms with van der Waals surface area (Å²) in [6.07, 6.45) is -1.58. The first-order valence-corrected chi connectivity index (χ1v) is 12.7. The van der Waals surface area contributed by atoms with Gasteiger partial charge in [-0.3, -0.25) is 15.0 Å². The smallest absolute Gasteiger partial charge is 0.434 e. The van der Waals surface area contributed by atoms with Crippen molar-refractivity contribution in [2.75, 3.05) is 5.32 Å². The zero-order valence-electron chi connectivity index (χ0n) is 21.4. The van der Waals surface area contributed by atoms with Gasteiger partial charge in [0.25, 0.3) is 0 Å². The van der Waals surface area contributed by atoms with Crippen molar-refractivity contribution in [3.8, 4) is 0 Å². The Morgan fingerprint density at radius 2 is 1.89 bits per heavy atom. The number of aliphatic imine (C=N–C) groups is 1. The van der Waals surface area contributed by atoms with E-state index in [1.807, 2.05) is 44.2 Å². The number of carbonyl (C=O) groups is 3. The summed E-state index contributed by atoms with van der Waals surface area (Å²) >= 11 is 6.68. The normalized spacial score (nSPS) is 26.1. The lowest BCUT2D eigenvalue weighted by molar-refractivity contribution is -0.146. The molecule has 1 atom stereocenters. The average Bonchev–Trinajstić information content (AvgIpc) is 2.82. The molecule has 1 saturated carbocycles. The average molecular weight is 543 g/mol. The van der Waals surface area contributed by atoms with Crippen molar-refractivity contribution in [1.82, 2.24) is 10.2 Å². The molecule has 0 spiro atoms. The number of nitrogens with zero attached hydrogens (tertiary/aromatic N) is 2. The monoisotopic (exact) mass is 542 g/mol. The Morgan fingerprint density at radius 1 is 1.21 bits per heavy atom. The highest BCUT2D eigenvalue weighted by Gasteiger charge is 2.52. The van der Waals surface area contributed by atoms with Crippen LogP contribution in [0.2, 0.25) is 5.02 Å². The molecule has 0 unspecified atom stereocenters. The predicted octanol–water partition coefficient (Wildman–Crippen LogP) is 4.71. The Labute approximate surface area is 225 Å². The summed E-state index contributed by atoms with van der Waals surface area (Å²) in [5.74, 6) is -0.479. The molecule has 4 rings (SSSR count). The Bertz CT molecular complexity index is 1260. The number of nitrogens with one attached hydrogen (secondary N) is 2. The molecule has 0 bridgehead atoms. The lowest BCUT2D eigenvalue weighted by Crippen LogP contribution is -2.67. The Balaban J connectivity index is 1.53. The highest BCUT2D eigenvalue weighted by molar-refractivity contribution is 6.34. The molecule has 38 heavy (non-hydrogen) atoms. The Morgan fingerprint density at radius 3 is 2.53 bits per heavy atom. The fourth-order valence-corrected chi connectivity index (χ4v) is 5.28. The highest BCUT2D eigenvalue weighted by Crippen LogP contribution is 2.44. The van der Waals surface area contributed by atoms with Gasteiger partial charge < -0.3 is 20.3 Å². The van der Waals surface area contributed by atoms with Crippen molar-refractivity contribution in [2.24, 2.45) is 10.9 Å². The van der Waals surface area contributed by atoms with E-state index in [2.05, 4.69) is 15.6 Å². The summed E-state index contributed by atoms with van der Waals surface area (Å²) in [6.45, 7) is 5.59. The van der Waals surface area contributed by atoms with Crippen molar-refractivity contribution in [2.45, 2.75) is 63.8 Å². The fourth-order valence-electron chi connectivity index (χ4n) is 4.90. The van der Waals surface area contributed by atoms with Crippen molar-refractivity contribution >= 4 is 41.3 Å². The molecule has 2 fully saturated rings. The molecule has 1 aliphatic carbocycles. The number of benzene rings is 2. The molecule has 11 heteroatoms. The van der Waals surface area contributed by atoms with Crippen molar-refractivity contribution < 1.29 is 29.3 Å². The summed E-state index contributed by atoms with van der Waals surface area (Å²) in [5.41, 5.74) is -0.467. The van der Waals surface area contributed by atoms with Crippen LogP contribution >= 0.6 is 11.6 Å². The van der Waals surface area contributed by atoms with Crippen molar-refractivity contribution in [3.63, 3.8) is 0 Å². The van der Waals surface area contributed by atoms with Gasteiger partial charge in [-0.25, -0.2) is 9.59 Å². The first-order valence-electron chi connectivity index (χ1n) is 12.3. The van der Waals surface area contributed by atoms with Gasteiger partial charge in [0.2, 0.25) is 11.9 Å². The van der Waals surface area contributed by atoms with Gasteiger partial charge in [0.15, 0.2) is 0 Å². The number of ether oxygens (including phenoxy) is 1. The number of carbonyl (C=O) groups excluding carboxylic acids is 2. The van der Waals surface area contributed by atoms with E-state index in [0.29, 0.717) is 18.4 Å². The molecule has 202 valence electrons. The van der Waals surface area contributed by atoms with Gasteiger partial charge in [-0.2, -0.15) is 0 Å². The second kappa shape index (κ2) is 10.6. The van der Waals surface area contributed by atoms with Crippen LogP contribution in [0.1, 0.15) is 51.2 Å². The molecule has 2 aromatic carbocycles. The maximum absolute atomic E-state index is 13.4. The minimum Gasteiger partial charge on any atom is -0.463 e. The second-order valence-corrected chi connectivity index (χ2v) is 10.7. The van der Waals surface area contributed by atoms with Gasteiger partial charge in [0, 0.05) is 6.04 Å². The van der Waals surface area contributed by atoms with E-state index in [-0.39, 0.29) is 47.6 Å². The largest absolute Gasteiger partial charge is 0.463 e. The number of anilines is 1. The minimum atomic E-state index is -1.46. The molecular weight excluding hydrogens is 512 g/mol. The number of aliphatic hydroxyl groups is 1. The molecule has 1 aliphatic heterocycles. The third-order valence-corrected chi connectivity index (χ3v) is 7.66. The molecule has 4 N–H and O–H groups in total. The van der Waals surface area contributed by atoms with Gasteiger partial charge >= 0.3 is 12.2 Å². The van der Waals surface area contributed by atoms with Crippen LogP contribution in [0, 0.1) is 5.92 Å². The number of hydrogen-bond donors (Lipinski definition) is 4. The molecule has 2 aromatic rings. The summed E-state index contributed by atoms with van der Waals surface area (Å²) in [4.78, 5) is 42.3. The van der Waals surface area contributed by atoms with E-state index in [1.165, 1.54) is 4.90 Å². The number of halogens is 1. The van der Waals surface area contributed by atoms with E-state index in [0.717, 1.165) is 5.56 Å². The number of carboxylic acid groups (broad SMARTS) is 1. The van der Waals surface area contributed by atoms with Crippen LogP contribution in [-0.4, -0.2) is 50.8 Å². The Hall–Kier alpha value is -3.63. The van der Waals surface area contributed by atoms with Crippen LogP contribution in [0.15, 0.2) is 53.5 Å². The van der Waals surface area contributed by atoms with Crippen LogP contribution in [0.3, 0.4) is 0 Å². The second-order valence-electron chi connectivity index (χ2n) is 10.3. The molecule has 1 saturated heterocycles. The van der Waals surface area contributed by atoms with Gasteiger partial charge in [-0.1, -0.05) is 67.9 Å². The standard InChI is InChI=1S/C27H31ClN4O6/c1-16(2)27(37)12-18(13-27)32-21(33)14-26(3,31-23(32)30-24(34)35)19-10-7-11-20(22(19)28)29-25(36)38-15-17-8-5-4-6-9-17/h4-11,16,18,37H,12-15H2,1-3H3,(H,29,36)(H,30,31)(H,34,35)/t18?,26-,27?/m0/s1. The van der Waals surface area contributed by atoms with E-state index in [1.54, 1.807) is 25.1 Å². The van der Waals surface area contributed by atoms with Crippen LogP contribution < -0.4 is 10.6 Å². The van der Waals surface area contributed by atoms with Crippen LogP contribution in [0.4, 0.5) is 15.3 Å². The van der Waals surface area contributed by atoms with Crippen molar-refractivity contribution in [3.05, 3.63) is 64.7 Å². The lowest BCUT2D eigenvalue weighted by Gasteiger charge is -2.53. The molecule has 0 radical (unpaired) electrons. The van der Waals surface area contributed by atoms with E-state index in [9.17, 15) is 24.6 Å². The summed E-state index contributed by atoms with van der Waals surface area (Å²) in [6, 6.07) is 13.8. The van der Waals surface area contributed by atoms with Crippen LogP contribution in [-0.2, 0) is 21.7 Å². The lowest BCUT2D eigenvalue weighted by atomic mass is 9.68. The number of rotatable bonds is 6. The predicted molar refractivity (Wildman–Crippen MR) is 142 cm³/mol. The first-order chi connectivity index (χ1) is 17.9.